The van der Waals surface area contributed by atoms with Gasteiger partial charge < -0.3 is 24.6 Å². The van der Waals surface area contributed by atoms with Crippen molar-refractivity contribution in [3.63, 3.8) is 0 Å². The van der Waals surface area contributed by atoms with Crippen LogP contribution in [0.5, 0.6) is 0 Å². The highest BCUT2D eigenvalue weighted by molar-refractivity contribution is 6.25. The number of anilines is 5. The molecule has 9 heterocycles. The number of hydrogen-bond donors (Lipinski definition) is 2. The molecule has 16 nitrogen and oxygen atoms in total. The van der Waals surface area contributed by atoms with Crippen LogP contribution in [0.2, 0.25) is 0 Å². The fourth-order valence-electron chi connectivity index (χ4n) is 10.7. The summed E-state index contributed by atoms with van der Waals surface area (Å²) in [6.07, 6.45) is 8.04. The number of alkyl halides is 2. The third kappa shape index (κ3) is 7.16. The molecule has 0 spiro atoms. The molecule has 1 unspecified atom stereocenters. The monoisotopic (exact) mass is 907 g/mol. The molecule has 5 amide bonds. The van der Waals surface area contributed by atoms with Crippen LogP contribution >= 0.6 is 0 Å². The van der Waals surface area contributed by atoms with Crippen molar-refractivity contribution in [1.82, 2.24) is 39.4 Å². The standard InChI is InChI=1S/C49H47F2N11O5/c1-27(63)59-20-14-39-36(26-59)46(60-17-4-5-28-21-32(33(45(50)51)23-41(28)60)35-25-57(2)38-11-15-52-24-34(35)38)56-62(39)30-12-18-58(19-13-30)42-22-29(10-16-53-42)54-37-7-3-6-31-44(37)49(67)61(48(31)66)40-8-9-43(64)55-47(40)65/h3,6-7,10-11,15-16,21-25,30,40,45H,4-5,8-9,12-14,17-20,26H2,1-2H3,(H,53,54)(H,55,64,65). The Labute approximate surface area is 383 Å². The number of carbonyl (C=O) groups excluding carboxylic acids is 5. The maximum atomic E-state index is 15.2. The van der Waals surface area contributed by atoms with Gasteiger partial charge in [0.15, 0.2) is 5.82 Å². The number of hydrogen-bond acceptors (Lipinski definition) is 11. The van der Waals surface area contributed by atoms with Crippen LogP contribution < -0.4 is 20.4 Å². The maximum absolute atomic E-state index is 15.2. The molecule has 1 atom stereocenters. The van der Waals surface area contributed by atoms with Crippen molar-refractivity contribution >= 4 is 69.1 Å². The van der Waals surface area contributed by atoms with Crippen LogP contribution in [0, 0.1) is 0 Å². The zero-order valence-corrected chi connectivity index (χ0v) is 37.0. The summed E-state index contributed by atoms with van der Waals surface area (Å²) < 4.78 is 34.4. The minimum absolute atomic E-state index is 0.0268. The quantitative estimate of drug-likeness (QED) is 0.155. The van der Waals surface area contributed by atoms with E-state index in [1.807, 2.05) is 40.9 Å². The third-order valence-electron chi connectivity index (χ3n) is 14.1. The normalized spacial score (nSPS) is 18.7. The molecule has 6 aromatic rings. The van der Waals surface area contributed by atoms with Gasteiger partial charge in [-0.1, -0.05) is 6.07 Å². The molecule has 5 aliphatic heterocycles. The van der Waals surface area contributed by atoms with Gasteiger partial charge in [-0.25, -0.2) is 13.8 Å². The Morgan fingerprint density at radius 1 is 0.896 bits per heavy atom. The molecule has 2 aromatic carbocycles. The summed E-state index contributed by atoms with van der Waals surface area (Å²) in [5.41, 5.74) is 7.20. The number of benzene rings is 2. The smallest absolute Gasteiger partial charge is 0.264 e. The Morgan fingerprint density at radius 2 is 1.73 bits per heavy atom. The van der Waals surface area contributed by atoms with E-state index >= 15 is 8.78 Å². The van der Waals surface area contributed by atoms with E-state index in [1.165, 1.54) is 0 Å². The molecule has 0 radical (unpaired) electrons. The molecule has 2 fully saturated rings. The average Bonchev–Trinajstić information content (AvgIpc) is 3.97. The van der Waals surface area contributed by atoms with Crippen molar-refractivity contribution in [3.05, 3.63) is 107 Å². The Balaban J connectivity index is 0.851. The third-order valence-corrected chi connectivity index (χ3v) is 14.1. The zero-order valence-electron chi connectivity index (χ0n) is 37.0. The van der Waals surface area contributed by atoms with Gasteiger partial charge in [-0.3, -0.25) is 43.9 Å². The van der Waals surface area contributed by atoms with E-state index in [2.05, 4.69) is 30.1 Å². The first-order valence-corrected chi connectivity index (χ1v) is 22.7. The molecular weight excluding hydrogens is 861 g/mol. The number of pyridine rings is 2. The lowest BCUT2D eigenvalue weighted by molar-refractivity contribution is -0.136. The number of piperidine rings is 2. The fraction of sp³-hybridized carbons (Fsp3) is 0.347. The molecule has 0 aliphatic carbocycles. The predicted octanol–water partition coefficient (Wildman–Crippen LogP) is 6.74. The molecule has 2 N–H and O–H groups in total. The van der Waals surface area contributed by atoms with E-state index in [-0.39, 0.29) is 41.5 Å². The number of aromatic nitrogens is 5. The van der Waals surface area contributed by atoms with Crippen LogP contribution in [0.3, 0.4) is 0 Å². The van der Waals surface area contributed by atoms with E-state index in [4.69, 9.17) is 10.1 Å². The van der Waals surface area contributed by atoms with Crippen LogP contribution in [0.1, 0.15) is 94.6 Å². The fourth-order valence-corrected chi connectivity index (χ4v) is 10.7. The summed E-state index contributed by atoms with van der Waals surface area (Å²) >= 11 is 0. The number of fused-ring (bicyclic) bond motifs is 4. The second-order valence-corrected chi connectivity index (χ2v) is 18.0. The first kappa shape index (κ1) is 42.2. The molecular formula is C49H47F2N11O5. The van der Waals surface area contributed by atoms with E-state index in [9.17, 15) is 24.0 Å². The molecule has 5 aliphatic rings. The van der Waals surface area contributed by atoms with E-state index < -0.39 is 36.1 Å². The van der Waals surface area contributed by atoms with E-state index in [0.717, 1.165) is 69.7 Å². The van der Waals surface area contributed by atoms with Crippen molar-refractivity contribution < 1.29 is 32.8 Å². The minimum atomic E-state index is -2.72. The maximum Gasteiger partial charge on any atom is 0.264 e. The van der Waals surface area contributed by atoms with Gasteiger partial charge in [0.1, 0.15) is 11.9 Å². The van der Waals surface area contributed by atoms with Gasteiger partial charge in [0.25, 0.3) is 18.2 Å². The number of nitrogens with zero attached hydrogens (tertiary/aromatic N) is 9. The lowest BCUT2D eigenvalue weighted by Crippen LogP contribution is -2.54. The average molecular weight is 908 g/mol. The Kier molecular flexibility index (Phi) is 10.3. The van der Waals surface area contributed by atoms with Crippen LogP contribution in [0.4, 0.5) is 37.5 Å². The van der Waals surface area contributed by atoms with Crippen molar-refractivity contribution in [2.24, 2.45) is 7.05 Å². The van der Waals surface area contributed by atoms with E-state index in [0.29, 0.717) is 67.6 Å². The molecule has 0 saturated carbocycles. The van der Waals surface area contributed by atoms with Crippen molar-refractivity contribution in [2.75, 3.05) is 41.3 Å². The summed E-state index contributed by atoms with van der Waals surface area (Å²) in [4.78, 5) is 80.5. The molecule has 67 heavy (non-hydrogen) atoms. The first-order valence-electron chi connectivity index (χ1n) is 22.7. The zero-order chi connectivity index (χ0) is 46.2. The van der Waals surface area contributed by atoms with Gasteiger partial charge in [-0.2, -0.15) is 5.10 Å². The second kappa shape index (κ2) is 16.4. The number of amides is 5. The van der Waals surface area contributed by atoms with Crippen LogP contribution in [0.15, 0.2) is 73.3 Å². The largest absolute Gasteiger partial charge is 0.356 e. The SMILES string of the molecule is CC(=O)N1CCc2c(c(N3CCCc4cc(-c5cn(C)c6ccncc56)c(C(F)F)cc43)nn2C2CCN(c3cc(Nc4cccc5c4C(=O)N(C4CCC(=O)NC4=O)C5=O)ccn3)CC2)C1. The number of aryl methyl sites for hydroxylation is 2. The summed E-state index contributed by atoms with van der Waals surface area (Å²) in [6, 6.07) is 13.0. The molecule has 18 heteroatoms. The number of carbonyl (C=O) groups is 5. The molecule has 2 saturated heterocycles. The van der Waals surface area contributed by atoms with Crippen molar-refractivity contribution in [3.8, 4) is 11.1 Å². The molecule has 0 bridgehead atoms. The minimum Gasteiger partial charge on any atom is -0.356 e. The van der Waals surface area contributed by atoms with Crippen molar-refractivity contribution in [1.29, 1.82) is 0 Å². The van der Waals surface area contributed by atoms with Gasteiger partial charge in [0, 0.05) is 123 Å². The molecule has 4 aromatic heterocycles. The molecule has 342 valence electrons. The van der Waals surface area contributed by atoms with Gasteiger partial charge in [-0.05, 0) is 79.6 Å². The van der Waals surface area contributed by atoms with Gasteiger partial charge in [0.05, 0.1) is 34.9 Å². The van der Waals surface area contributed by atoms with Crippen molar-refractivity contribution in [2.45, 2.75) is 76.9 Å². The summed E-state index contributed by atoms with van der Waals surface area (Å²) in [5.74, 6) is -0.875. The number of nitrogens with one attached hydrogen (secondary N) is 2. The first-order chi connectivity index (χ1) is 32.4. The number of imide groups is 2. The lowest BCUT2D eigenvalue weighted by atomic mass is 9.91. The summed E-state index contributed by atoms with van der Waals surface area (Å²) in [5, 5.41) is 11.7. The summed E-state index contributed by atoms with van der Waals surface area (Å²) in [7, 11) is 1.91. The Hall–Kier alpha value is -7.50. The predicted molar refractivity (Wildman–Crippen MR) is 245 cm³/mol. The summed E-state index contributed by atoms with van der Waals surface area (Å²) in [6.45, 7) is 4.44. The highest BCUT2D eigenvalue weighted by Crippen LogP contribution is 2.45. The highest BCUT2D eigenvalue weighted by atomic mass is 19.3. The van der Waals surface area contributed by atoms with Crippen LogP contribution in [0.25, 0.3) is 22.0 Å². The Morgan fingerprint density at radius 3 is 2.52 bits per heavy atom. The highest BCUT2D eigenvalue weighted by Gasteiger charge is 2.46. The lowest BCUT2D eigenvalue weighted by Gasteiger charge is -2.34. The van der Waals surface area contributed by atoms with Gasteiger partial charge in [-0.15, -0.1) is 0 Å². The van der Waals surface area contributed by atoms with Crippen LogP contribution in [-0.4, -0.2) is 95.9 Å². The van der Waals surface area contributed by atoms with Crippen LogP contribution in [-0.2, 0) is 40.8 Å². The van der Waals surface area contributed by atoms with Gasteiger partial charge in [0.2, 0.25) is 17.7 Å². The molecule has 11 rings (SSSR count). The van der Waals surface area contributed by atoms with E-state index in [1.54, 1.807) is 55.8 Å². The number of halogens is 2. The topological polar surface area (TPSA) is 171 Å². The number of rotatable bonds is 8. The van der Waals surface area contributed by atoms with Gasteiger partial charge >= 0.3 is 0 Å². The Bertz CT molecular complexity index is 3070. The second-order valence-electron chi connectivity index (χ2n) is 18.0.